The molecule has 2 N–H and O–H groups in total. The maximum Gasteiger partial charge on any atom is 0.0129 e. The summed E-state index contributed by atoms with van der Waals surface area (Å²) in [6, 6.07) is 10.8. The van der Waals surface area contributed by atoms with Gasteiger partial charge in [0.1, 0.15) is 0 Å². The Labute approximate surface area is 142 Å². The fourth-order valence-electron chi connectivity index (χ4n) is 2.81. The van der Waals surface area contributed by atoms with Gasteiger partial charge in [-0.3, -0.25) is 0 Å². The third-order valence-electron chi connectivity index (χ3n) is 4.28. The molecule has 0 heterocycles. The molecule has 122 valence electrons. The van der Waals surface area contributed by atoms with Crippen LogP contribution < -0.4 is 5.73 Å². The Hall–Kier alpha value is -0.340. The highest BCUT2D eigenvalue weighted by molar-refractivity contribution is 8.93. The molecule has 0 aliphatic heterocycles. The smallest absolute Gasteiger partial charge is 0.0129 e. The van der Waals surface area contributed by atoms with Crippen molar-refractivity contribution in [3.05, 3.63) is 35.9 Å². The number of benzene rings is 1. The van der Waals surface area contributed by atoms with E-state index in [0.717, 1.165) is 6.42 Å². The number of halogens is 1. The highest BCUT2D eigenvalue weighted by Gasteiger charge is 2.24. The summed E-state index contributed by atoms with van der Waals surface area (Å²) in [5, 5.41) is 0. The Morgan fingerprint density at radius 1 is 0.952 bits per heavy atom. The van der Waals surface area contributed by atoms with Crippen LogP contribution >= 0.6 is 17.0 Å². The zero-order valence-electron chi connectivity index (χ0n) is 14.1. The predicted molar refractivity (Wildman–Crippen MR) is 100 cm³/mol. The van der Waals surface area contributed by atoms with E-state index < -0.39 is 0 Å². The number of rotatable bonds is 10. The van der Waals surface area contributed by atoms with E-state index in [9.17, 15) is 0 Å². The van der Waals surface area contributed by atoms with E-state index in [1.54, 1.807) is 0 Å². The van der Waals surface area contributed by atoms with Crippen molar-refractivity contribution in [2.75, 3.05) is 0 Å². The largest absolute Gasteiger partial charge is 0.325 e. The summed E-state index contributed by atoms with van der Waals surface area (Å²) in [5.41, 5.74) is 7.72. The molecule has 1 atom stereocenters. The van der Waals surface area contributed by atoms with Gasteiger partial charge in [-0.1, -0.05) is 75.8 Å². The molecule has 21 heavy (non-hydrogen) atoms. The van der Waals surface area contributed by atoms with Crippen LogP contribution in [0, 0.1) is 5.92 Å². The second kappa shape index (κ2) is 11.3. The van der Waals surface area contributed by atoms with E-state index in [4.69, 9.17) is 5.73 Å². The molecule has 0 fully saturated rings. The molecule has 0 aliphatic carbocycles. The van der Waals surface area contributed by atoms with Crippen LogP contribution in [0.3, 0.4) is 0 Å². The molecule has 1 aromatic rings. The first-order valence-electron chi connectivity index (χ1n) is 8.37. The summed E-state index contributed by atoms with van der Waals surface area (Å²) in [7, 11) is 0. The monoisotopic (exact) mass is 355 g/mol. The summed E-state index contributed by atoms with van der Waals surface area (Å²) in [6.07, 6.45) is 10.5. The molecule has 0 bridgehead atoms. The second-order valence-electron chi connectivity index (χ2n) is 6.76. The van der Waals surface area contributed by atoms with Gasteiger partial charge >= 0.3 is 0 Å². The second-order valence-corrected chi connectivity index (χ2v) is 6.76. The SMILES string of the molecule is Br.CCCCCCCCC(Cc1ccccc1)C(C)(C)N. The Bertz CT molecular complexity index is 342. The number of unbranched alkanes of at least 4 members (excludes halogenated alkanes) is 5. The van der Waals surface area contributed by atoms with E-state index in [-0.39, 0.29) is 22.5 Å². The summed E-state index contributed by atoms with van der Waals surface area (Å²) in [6.45, 7) is 6.63. The summed E-state index contributed by atoms with van der Waals surface area (Å²) in [5.74, 6) is 0.580. The quantitative estimate of drug-likeness (QED) is 0.518. The Kier molecular flexibility index (Phi) is 11.1. The van der Waals surface area contributed by atoms with Crippen molar-refractivity contribution in [3.63, 3.8) is 0 Å². The lowest BCUT2D eigenvalue weighted by atomic mass is 9.80. The van der Waals surface area contributed by atoms with Crippen molar-refractivity contribution in [3.8, 4) is 0 Å². The molecule has 2 heteroatoms. The molecular formula is C19H34BrN. The number of hydrogen-bond donors (Lipinski definition) is 1. The molecule has 1 nitrogen and oxygen atoms in total. The van der Waals surface area contributed by atoms with Gasteiger partial charge in [0.15, 0.2) is 0 Å². The van der Waals surface area contributed by atoms with Crippen LogP contribution in [0.2, 0.25) is 0 Å². The lowest BCUT2D eigenvalue weighted by Gasteiger charge is -2.31. The third-order valence-corrected chi connectivity index (χ3v) is 4.28. The van der Waals surface area contributed by atoms with Crippen LogP contribution in [0.15, 0.2) is 30.3 Å². The molecule has 0 radical (unpaired) electrons. The first-order chi connectivity index (χ1) is 9.54. The Balaban J connectivity index is 0.00000400. The highest BCUT2D eigenvalue weighted by Crippen LogP contribution is 2.25. The summed E-state index contributed by atoms with van der Waals surface area (Å²) < 4.78 is 0. The van der Waals surface area contributed by atoms with Gasteiger partial charge in [0.25, 0.3) is 0 Å². The van der Waals surface area contributed by atoms with E-state index in [2.05, 4.69) is 51.1 Å². The van der Waals surface area contributed by atoms with Crippen LogP contribution in [-0.2, 0) is 6.42 Å². The molecule has 0 saturated carbocycles. The first kappa shape index (κ1) is 20.7. The minimum atomic E-state index is -0.0841. The third kappa shape index (κ3) is 9.31. The average Bonchev–Trinajstić information content (AvgIpc) is 2.41. The Morgan fingerprint density at radius 3 is 2.10 bits per heavy atom. The zero-order valence-corrected chi connectivity index (χ0v) is 15.8. The van der Waals surface area contributed by atoms with Gasteiger partial charge in [0.2, 0.25) is 0 Å². The van der Waals surface area contributed by atoms with Crippen LogP contribution in [0.4, 0.5) is 0 Å². The van der Waals surface area contributed by atoms with Crippen molar-refractivity contribution in [2.45, 2.75) is 77.7 Å². The topological polar surface area (TPSA) is 26.0 Å². The first-order valence-corrected chi connectivity index (χ1v) is 8.37. The molecular weight excluding hydrogens is 322 g/mol. The summed E-state index contributed by atoms with van der Waals surface area (Å²) in [4.78, 5) is 0. The van der Waals surface area contributed by atoms with Gasteiger partial charge in [-0.25, -0.2) is 0 Å². The lowest BCUT2D eigenvalue weighted by Crippen LogP contribution is -2.42. The molecule has 0 saturated heterocycles. The van der Waals surface area contributed by atoms with E-state index in [1.807, 2.05) is 0 Å². The summed E-state index contributed by atoms with van der Waals surface area (Å²) >= 11 is 0. The average molecular weight is 356 g/mol. The maximum absolute atomic E-state index is 6.39. The molecule has 0 aromatic heterocycles. The molecule has 1 unspecified atom stereocenters. The standard InChI is InChI=1S/C19H33N.BrH/c1-4-5-6-7-8-12-15-18(19(2,3)20)16-17-13-10-9-11-14-17;/h9-11,13-14,18H,4-8,12,15-16,20H2,1-3H3;1H. The molecule has 0 aliphatic rings. The van der Waals surface area contributed by atoms with Gasteiger partial charge in [-0.05, 0) is 38.2 Å². The fraction of sp³-hybridized carbons (Fsp3) is 0.684. The zero-order chi connectivity index (χ0) is 14.8. The molecule has 0 amide bonds. The number of hydrogen-bond acceptors (Lipinski definition) is 1. The van der Waals surface area contributed by atoms with Gasteiger partial charge in [-0.2, -0.15) is 0 Å². The van der Waals surface area contributed by atoms with Gasteiger partial charge in [-0.15, -0.1) is 17.0 Å². The fourth-order valence-corrected chi connectivity index (χ4v) is 2.81. The van der Waals surface area contributed by atoms with Crippen molar-refractivity contribution in [2.24, 2.45) is 11.7 Å². The van der Waals surface area contributed by atoms with Crippen molar-refractivity contribution in [1.82, 2.24) is 0 Å². The van der Waals surface area contributed by atoms with Crippen LogP contribution in [0.5, 0.6) is 0 Å². The van der Waals surface area contributed by atoms with Gasteiger partial charge in [0, 0.05) is 5.54 Å². The van der Waals surface area contributed by atoms with Crippen molar-refractivity contribution in [1.29, 1.82) is 0 Å². The van der Waals surface area contributed by atoms with Crippen molar-refractivity contribution >= 4 is 17.0 Å². The van der Waals surface area contributed by atoms with Gasteiger partial charge in [0.05, 0.1) is 0 Å². The minimum Gasteiger partial charge on any atom is -0.325 e. The van der Waals surface area contributed by atoms with Crippen LogP contribution in [0.1, 0.15) is 71.3 Å². The van der Waals surface area contributed by atoms with Crippen LogP contribution in [-0.4, -0.2) is 5.54 Å². The minimum absolute atomic E-state index is 0. The molecule has 1 rings (SSSR count). The number of nitrogens with two attached hydrogens (primary N) is 1. The highest BCUT2D eigenvalue weighted by atomic mass is 79.9. The van der Waals surface area contributed by atoms with Gasteiger partial charge < -0.3 is 5.73 Å². The molecule has 1 aromatic carbocycles. The molecule has 0 spiro atoms. The van der Waals surface area contributed by atoms with Crippen molar-refractivity contribution < 1.29 is 0 Å². The lowest BCUT2D eigenvalue weighted by molar-refractivity contribution is 0.290. The van der Waals surface area contributed by atoms with Crippen LogP contribution in [0.25, 0.3) is 0 Å². The predicted octanol–water partition coefficient (Wildman–Crippen LogP) is 5.91. The van der Waals surface area contributed by atoms with E-state index in [0.29, 0.717) is 5.92 Å². The normalized spacial score (nSPS) is 12.8. The van der Waals surface area contributed by atoms with E-state index in [1.165, 1.54) is 50.5 Å². The maximum atomic E-state index is 6.39. The van der Waals surface area contributed by atoms with E-state index >= 15 is 0 Å². The Morgan fingerprint density at radius 2 is 1.52 bits per heavy atom.